The van der Waals surface area contributed by atoms with E-state index in [-0.39, 0.29) is 42.6 Å². The van der Waals surface area contributed by atoms with Crippen LogP contribution in [-0.4, -0.2) is 34.2 Å². The highest BCUT2D eigenvalue weighted by molar-refractivity contribution is 5.74. The van der Waals surface area contributed by atoms with Crippen molar-refractivity contribution in [3.05, 3.63) is 35.5 Å². The van der Waals surface area contributed by atoms with Gasteiger partial charge in [-0.05, 0) is 64.2 Å². The van der Waals surface area contributed by atoms with Crippen molar-refractivity contribution in [2.24, 2.45) is 0 Å². The molecular weight excluding hydrogens is 449 g/mol. The Hall–Kier alpha value is -3.04. The molecule has 0 aliphatic carbocycles. The number of carbonyl (C=O) groups is 1. The Labute approximate surface area is 197 Å². The Kier molecular flexibility index (Phi) is 7.89. The van der Waals surface area contributed by atoms with Crippen molar-refractivity contribution in [2.45, 2.75) is 77.6 Å². The summed E-state index contributed by atoms with van der Waals surface area (Å²) in [4.78, 5) is 20.1. The number of esters is 1. The fraction of sp³-hybridized carbons (Fsp3) is 0.542. The van der Waals surface area contributed by atoms with Crippen molar-refractivity contribution in [3.8, 4) is 5.88 Å². The highest BCUT2D eigenvalue weighted by Gasteiger charge is 2.36. The standard InChI is InChI=1S/C24H31F3N4O3/c1-5-15-8-9-16-18(29-15)11-10-17(24(25,26)27)21(16)31-22-28-13-12-19(30-22)33-14-6-7-20(32)34-23(2,3)4/h10-13,15,29H,5-9,14H2,1-4H3,(H,28,30,31). The lowest BCUT2D eigenvalue weighted by atomic mass is 9.93. The van der Waals surface area contributed by atoms with Crippen molar-refractivity contribution in [2.75, 3.05) is 17.2 Å². The molecule has 1 aliphatic heterocycles. The quantitative estimate of drug-likeness (QED) is 0.361. The van der Waals surface area contributed by atoms with E-state index in [0.717, 1.165) is 18.9 Å². The highest BCUT2D eigenvalue weighted by atomic mass is 19.4. The maximum absolute atomic E-state index is 13.8. The number of aromatic nitrogens is 2. The molecule has 3 rings (SSSR count). The number of carbonyl (C=O) groups excluding carboxylic acids is 1. The monoisotopic (exact) mass is 480 g/mol. The molecule has 1 unspecified atom stereocenters. The van der Waals surface area contributed by atoms with Gasteiger partial charge >= 0.3 is 12.1 Å². The molecule has 0 fully saturated rings. The number of hydrogen-bond donors (Lipinski definition) is 2. The first-order valence-electron chi connectivity index (χ1n) is 11.4. The van der Waals surface area contributed by atoms with Crippen molar-refractivity contribution in [1.29, 1.82) is 0 Å². The molecule has 1 atom stereocenters. The molecule has 0 spiro atoms. The molecule has 34 heavy (non-hydrogen) atoms. The van der Waals surface area contributed by atoms with E-state index in [1.165, 1.54) is 18.3 Å². The summed E-state index contributed by atoms with van der Waals surface area (Å²) < 4.78 is 52.1. The van der Waals surface area contributed by atoms with Crippen LogP contribution in [0.2, 0.25) is 0 Å². The number of anilines is 3. The van der Waals surface area contributed by atoms with Gasteiger partial charge in [0.05, 0.1) is 17.9 Å². The molecule has 10 heteroatoms. The van der Waals surface area contributed by atoms with Gasteiger partial charge < -0.3 is 20.1 Å². The van der Waals surface area contributed by atoms with E-state index in [2.05, 4.69) is 20.6 Å². The third kappa shape index (κ3) is 6.98. The van der Waals surface area contributed by atoms with E-state index >= 15 is 0 Å². The van der Waals surface area contributed by atoms with Gasteiger partial charge in [-0.1, -0.05) is 6.92 Å². The van der Waals surface area contributed by atoms with Crippen LogP contribution >= 0.6 is 0 Å². The average Bonchev–Trinajstić information content (AvgIpc) is 2.75. The van der Waals surface area contributed by atoms with Crippen LogP contribution in [0.25, 0.3) is 0 Å². The van der Waals surface area contributed by atoms with E-state index in [9.17, 15) is 18.0 Å². The van der Waals surface area contributed by atoms with Crippen LogP contribution in [0, 0.1) is 0 Å². The molecule has 1 aliphatic rings. The summed E-state index contributed by atoms with van der Waals surface area (Å²) in [6.45, 7) is 7.63. The van der Waals surface area contributed by atoms with Gasteiger partial charge in [0.15, 0.2) is 0 Å². The maximum atomic E-state index is 13.8. The fourth-order valence-corrected chi connectivity index (χ4v) is 3.72. The SMILES string of the molecule is CCC1CCc2c(ccc(C(F)(F)F)c2Nc2nccc(OCCCC(=O)OC(C)(C)C)n2)N1. The van der Waals surface area contributed by atoms with Crippen LogP contribution in [0.3, 0.4) is 0 Å². The number of hydrogen-bond acceptors (Lipinski definition) is 7. The molecule has 1 aromatic carbocycles. The normalized spacial score (nSPS) is 15.8. The molecule has 0 saturated heterocycles. The lowest BCUT2D eigenvalue weighted by Gasteiger charge is -2.29. The first kappa shape index (κ1) is 25.6. The average molecular weight is 481 g/mol. The van der Waals surface area contributed by atoms with E-state index in [0.29, 0.717) is 24.1 Å². The summed E-state index contributed by atoms with van der Waals surface area (Å²) in [5.74, 6) is -0.126. The smallest absolute Gasteiger partial charge is 0.418 e. The Bertz CT molecular complexity index is 1010. The number of nitrogens with zero attached hydrogens (tertiary/aromatic N) is 2. The van der Waals surface area contributed by atoms with Crippen LogP contribution in [0.15, 0.2) is 24.4 Å². The van der Waals surface area contributed by atoms with Crippen LogP contribution in [-0.2, 0) is 22.1 Å². The minimum absolute atomic E-state index is 0.00107. The number of fused-ring (bicyclic) bond motifs is 1. The lowest BCUT2D eigenvalue weighted by molar-refractivity contribution is -0.155. The summed E-state index contributed by atoms with van der Waals surface area (Å²) in [6, 6.07) is 4.29. The number of alkyl halides is 3. The van der Waals surface area contributed by atoms with Crippen LogP contribution < -0.4 is 15.4 Å². The molecule has 1 aromatic heterocycles. The number of rotatable bonds is 8. The topological polar surface area (TPSA) is 85.4 Å². The van der Waals surface area contributed by atoms with Gasteiger partial charge in [-0.2, -0.15) is 18.2 Å². The molecular formula is C24H31F3N4O3. The number of ether oxygens (including phenoxy) is 2. The van der Waals surface area contributed by atoms with E-state index in [4.69, 9.17) is 9.47 Å². The zero-order valence-electron chi connectivity index (χ0n) is 19.9. The number of nitrogens with one attached hydrogen (secondary N) is 2. The minimum atomic E-state index is -4.53. The predicted molar refractivity (Wildman–Crippen MR) is 123 cm³/mol. The van der Waals surface area contributed by atoms with Crippen molar-refractivity contribution < 1.29 is 27.4 Å². The second-order valence-electron chi connectivity index (χ2n) is 9.18. The van der Waals surface area contributed by atoms with Gasteiger partial charge in [-0.3, -0.25) is 4.79 Å². The Morgan fingerprint density at radius 1 is 1.24 bits per heavy atom. The number of halogens is 3. The molecule has 0 radical (unpaired) electrons. The van der Waals surface area contributed by atoms with E-state index < -0.39 is 17.3 Å². The van der Waals surface area contributed by atoms with Gasteiger partial charge in [0.25, 0.3) is 0 Å². The van der Waals surface area contributed by atoms with Crippen LogP contribution in [0.5, 0.6) is 5.88 Å². The summed E-state index contributed by atoms with van der Waals surface area (Å²) in [7, 11) is 0. The van der Waals surface area contributed by atoms with Crippen molar-refractivity contribution >= 4 is 23.3 Å². The summed E-state index contributed by atoms with van der Waals surface area (Å²) >= 11 is 0. The van der Waals surface area contributed by atoms with Gasteiger partial charge in [0.2, 0.25) is 11.8 Å². The van der Waals surface area contributed by atoms with E-state index in [1.807, 2.05) is 6.92 Å². The predicted octanol–water partition coefficient (Wildman–Crippen LogP) is 5.88. The fourth-order valence-electron chi connectivity index (χ4n) is 3.72. The molecule has 186 valence electrons. The molecule has 0 saturated carbocycles. The van der Waals surface area contributed by atoms with Gasteiger partial charge in [-0.25, -0.2) is 4.98 Å². The molecule has 2 N–H and O–H groups in total. The second kappa shape index (κ2) is 10.5. The summed E-state index contributed by atoms with van der Waals surface area (Å²) in [5, 5.41) is 6.09. The highest BCUT2D eigenvalue weighted by Crippen LogP contribution is 2.42. The van der Waals surface area contributed by atoms with Crippen molar-refractivity contribution in [3.63, 3.8) is 0 Å². The zero-order valence-corrected chi connectivity index (χ0v) is 19.9. The zero-order chi connectivity index (χ0) is 24.9. The molecule has 0 bridgehead atoms. The molecule has 0 amide bonds. The molecule has 7 nitrogen and oxygen atoms in total. The Morgan fingerprint density at radius 3 is 2.68 bits per heavy atom. The summed E-state index contributed by atoms with van der Waals surface area (Å²) in [6.07, 6.45) is -0.392. The largest absolute Gasteiger partial charge is 0.478 e. The summed E-state index contributed by atoms with van der Waals surface area (Å²) in [5.41, 5.74) is -0.122. The van der Waals surface area contributed by atoms with Crippen molar-refractivity contribution in [1.82, 2.24) is 9.97 Å². The van der Waals surface area contributed by atoms with Gasteiger partial charge in [-0.15, -0.1) is 0 Å². The van der Waals surface area contributed by atoms with Gasteiger partial charge in [0, 0.05) is 30.4 Å². The second-order valence-corrected chi connectivity index (χ2v) is 9.18. The molecule has 2 aromatic rings. The Morgan fingerprint density at radius 2 is 2.00 bits per heavy atom. The number of benzene rings is 1. The first-order chi connectivity index (χ1) is 16.0. The minimum Gasteiger partial charge on any atom is -0.478 e. The van der Waals surface area contributed by atoms with Gasteiger partial charge in [0.1, 0.15) is 5.60 Å². The third-order valence-electron chi connectivity index (χ3n) is 5.28. The maximum Gasteiger partial charge on any atom is 0.418 e. The Balaban J connectivity index is 1.71. The van der Waals surface area contributed by atoms with E-state index in [1.54, 1.807) is 20.8 Å². The van der Waals surface area contributed by atoms with Crippen LogP contribution in [0.4, 0.5) is 30.5 Å². The lowest BCUT2D eigenvalue weighted by Crippen LogP contribution is -2.26. The molecule has 2 heterocycles. The third-order valence-corrected chi connectivity index (χ3v) is 5.28. The van der Waals surface area contributed by atoms with Crippen LogP contribution in [0.1, 0.15) is 64.5 Å². The first-order valence-corrected chi connectivity index (χ1v) is 11.4.